The van der Waals surface area contributed by atoms with E-state index in [-0.39, 0.29) is 24.3 Å². The molecule has 48 radical (unpaired) electrons. The molecule has 0 saturated heterocycles. The Morgan fingerprint density at radius 1 is 0.404 bits per heavy atom. The molecule has 26 N–H and O–H groups in total. The van der Waals surface area contributed by atoms with Crippen molar-refractivity contribution in [1.82, 2.24) is 0 Å². The molecule has 0 saturated carbocycles. The van der Waals surface area contributed by atoms with Crippen LogP contribution < -0.4 is 5.19 Å². The number of carbonyl (C=O) groups excluding carboxylic acids is 1. The maximum Gasteiger partial charge on any atom is 0.420 e. The second kappa shape index (κ2) is 49.3. The summed E-state index contributed by atoms with van der Waals surface area (Å²) in [6, 6.07) is 6.27. The van der Waals surface area contributed by atoms with Gasteiger partial charge in [-0.3, -0.25) is 4.79 Å². The van der Waals surface area contributed by atoms with Crippen molar-refractivity contribution in [2.24, 2.45) is 5.41 Å². The SMILES string of the molecule is CCC(C)(C)C(=O)OCCC[Si](C)(O[SiH](C)O[Si](O[Si](O[Si](O)([Si]O)[Si](C)(C)C)([Si](O[Si]O)([Si]O)[Si]O)[Si](O[Si]O)([Si]O)[Si]O)([Si](O[Si](O[Si]O)([Si]O)[Si]O)([Si](O[Si]O)([Si]O)[Si]O)[Si](O[Si]O)([Si]O)[Si]O)[Si](O[Si](O[Si]O)([Si]O)[Si]O)([Si](O[Si]O)([Si]O)[Si]O)[Si](O[Si](C)(O)c1ccccc1)([Si]O)[Si]O)O[Si](C)(C)C. The lowest BCUT2D eigenvalue weighted by molar-refractivity contribution is -0.154. The second-order valence-corrected chi connectivity index (χ2v) is 204. The van der Waals surface area contributed by atoms with Gasteiger partial charge in [0.2, 0.25) is 139 Å². The molecule has 43 nitrogen and oxygen atoms in total. The van der Waals surface area contributed by atoms with Gasteiger partial charge < -0.3 is 191 Å². The Morgan fingerprint density at radius 3 is 1.04 bits per heavy atom. The Kier molecular flexibility index (Phi) is 51.2. The van der Waals surface area contributed by atoms with Crippen LogP contribution in [0.2, 0.25) is 65.0 Å². The highest BCUT2D eigenvalue weighted by Crippen LogP contribution is 2.54. The van der Waals surface area contributed by atoms with Crippen molar-refractivity contribution >= 4 is 374 Å². The van der Waals surface area contributed by atoms with Crippen molar-refractivity contribution in [3.63, 3.8) is 0 Å². The summed E-state index contributed by atoms with van der Waals surface area (Å²) in [4.78, 5) is 344. The van der Waals surface area contributed by atoms with Crippen molar-refractivity contribution in [3.8, 4) is 0 Å². The molecule has 1 aromatic carbocycles. The van der Waals surface area contributed by atoms with E-state index in [0.29, 0.717) is 6.42 Å². The minimum Gasteiger partial charge on any atom is -0.465 e. The van der Waals surface area contributed by atoms with Crippen molar-refractivity contribution in [2.75, 3.05) is 6.61 Å². The van der Waals surface area contributed by atoms with E-state index in [4.69, 9.17) is 66.5 Å². The molecule has 6 unspecified atom stereocenters. The largest absolute Gasteiger partial charge is 0.465 e. The summed E-state index contributed by atoms with van der Waals surface area (Å²) in [6.45, 7) is -38.6. The van der Waals surface area contributed by atoms with E-state index in [0.717, 1.165) is 13.1 Å². The Balaban J connectivity index is 7.44. The summed E-state index contributed by atoms with van der Waals surface area (Å²) >= 11 is 0. The summed E-state index contributed by atoms with van der Waals surface area (Å²) < 4.78 is 111. The zero-order valence-corrected chi connectivity index (χ0v) is 101. The highest BCUT2D eigenvalue weighted by Gasteiger charge is 3.01. The average molecular weight is 2230 g/mol. The molecule has 6 atom stereocenters. The first-order chi connectivity index (χ1) is 50.8. The maximum atomic E-state index is 14.0. The molecule has 109 heavy (non-hydrogen) atoms. The van der Waals surface area contributed by atoms with Gasteiger partial charge in [0.15, 0.2) is 8.32 Å². The molecule has 85 heteroatoms. The van der Waals surface area contributed by atoms with Gasteiger partial charge in [0.05, 0.1) is 12.0 Å². The van der Waals surface area contributed by atoms with Gasteiger partial charge in [0.25, 0.3) is 83.2 Å². The first kappa shape index (κ1) is 113. The Morgan fingerprint density at radius 2 is 0.743 bits per heavy atom. The van der Waals surface area contributed by atoms with Crippen LogP contribution >= 0.6 is 0 Å². The summed E-state index contributed by atoms with van der Waals surface area (Å²) in [5, 5.41) is -0.281. The van der Waals surface area contributed by atoms with Gasteiger partial charge in [-0.2, -0.15) is 0 Å². The first-order valence-electron chi connectivity index (χ1n) is 29.6. The van der Waals surface area contributed by atoms with Gasteiger partial charge in [0.1, 0.15) is 7.59 Å². The normalized spacial score (nSPS) is 17.2. The molecule has 0 spiro atoms. The Labute approximate surface area is 703 Å². The molecule has 0 aliphatic carbocycles. The number of benzene rings is 1. The molecule has 0 aliphatic rings. The molecule has 0 heterocycles. The van der Waals surface area contributed by atoms with Gasteiger partial charge in [-0.25, -0.2) is 0 Å². The summed E-state index contributed by atoms with van der Waals surface area (Å²) in [6.07, 6.45) is 0.146. The number of hydrogen-bond acceptors (Lipinski definition) is 43. The quantitative estimate of drug-likeness (QED) is 0.0164. The van der Waals surface area contributed by atoms with E-state index < -0.39 is 374 Å². The van der Waals surface area contributed by atoms with Crippen LogP contribution in [0.1, 0.15) is 33.6 Å². The van der Waals surface area contributed by atoms with Gasteiger partial charge in [-0.1, -0.05) is 56.9 Å². The molecule has 598 valence electrons. The lowest BCUT2D eigenvalue weighted by atomic mass is 9.91. The van der Waals surface area contributed by atoms with Crippen LogP contribution in [-0.2, 0) is 71.3 Å². The molecule has 0 fully saturated rings. The van der Waals surface area contributed by atoms with Gasteiger partial charge in [-0.15, -0.1) is 0 Å². The second-order valence-electron chi connectivity index (χ2n) is 24.6. The van der Waals surface area contributed by atoms with Crippen LogP contribution in [0.3, 0.4) is 0 Å². The van der Waals surface area contributed by atoms with Crippen LogP contribution in [-0.4, -0.2) is 500 Å². The lowest BCUT2D eigenvalue weighted by Crippen LogP contribution is -3.14. The highest BCUT2D eigenvalue weighted by atomic mass is 30.5. The molecule has 0 amide bonds. The van der Waals surface area contributed by atoms with Crippen LogP contribution in [0.4, 0.5) is 0 Å². The molecule has 0 bridgehead atoms. The van der Waals surface area contributed by atoms with Gasteiger partial charge >= 0.3 is 131 Å². The zero-order valence-electron chi connectivity index (χ0n) is 58.9. The van der Waals surface area contributed by atoms with E-state index in [2.05, 4.69) is 0 Å². The molecule has 1 rings (SSSR count). The van der Waals surface area contributed by atoms with Crippen LogP contribution in [0.5, 0.6) is 0 Å². The minimum atomic E-state index is -8.44. The summed E-state index contributed by atoms with van der Waals surface area (Å²) in [7, 11) is -112. The van der Waals surface area contributed by atoms with Crippen LogP contribution in [0.25, 0.3) is 0 Å². The van der Waals surface area contributed by atoms with Gasteiger partial charge in [-0.05, 0) is 77.2 Å². The number of carbonyl (C=O) groups is 1. The predicted molar refractivity (Wildman–Crippen MR) is 440 cm³/mol. The third kappa shape index (κ3) is 24.3. The monoisotopic (exact) mass is 2230 g/mol. The van der Waals surface area contributed by atoms with Crippen molar-refractivity contribution in [3.05, 3.63) is 30.3 Å². The molecule has 0 aliphatic heterocycles. The standard InChI is InChI=1S/C24H76O43Si42/c1-13-24(2,3)23(25)52-20-17-21-95(11,62-93(5,6)7)60-92(4)61-100(108(104(84-42,85-43)57-72-30,105(86-44,87-45)58-73-31)65-98(76-34,77-35)53-68-26,67-101(102(80-38,81-39)55-70-28,103(82-40,83-41)56-71-29)64-97(51,75-33)94(8,9)10)109(106(88-46,89-47)59-74-32,66-99(78-36,79-37)54-69-27)107(90-48,91-49)63-96(12,50)22-18-15-14-16-19-22/h14-16,18-19,26-51,92H,13,17,20-21H2,1-12H3. The van der Waals surface area contributed by atoms with E-state index in [1.165, 1.54) is 56.5 Å². The Bertz CT molecular complexity index is 2700. The molecular weight excluding hydrogens is 2160 g/mol. The third-order valence-corrected chi connectivity index (χ3v) is 327. The topological polar surface area (TPSA) is 691 Å². The van der Waals surface area contributed by atoms with Crippen molar-refractivity contribution < 1.29 is 196 Å². The van der Waals surface area contributed by atoms with E-state index in [9.17, 15) is 129 Å². The number of esters is 1. The van der Waals surface area contributed by atoms with E-state index in [1.54, 1.807) is 40.4 Å². The van der Waals surface area contributed by atoms with Gasteiger partial charge in [0, 0.05) is 0 Å². The number of rotatable bonds is 63. The van der Waals surface area contributed by atoms with Crippen molar-refractivity contribution in [1.29, 1.82) is 0 Å². The minimum absolute atomic E-state index is 0.167. The molecule has 1 aromatic rings. The molecular formula is C24H76O43Si42. The fourth-order valence-corrected chi connectivity index (χ4v) is 527. The van der Waals surface area contributed by atoms with E-state index in [1.807, 2.05) is 0 Å². The van der Waals surface area contributed by atoms with E-state index >= 15 is 0 Å². The average Bonchev–Trinajstić information content (AvgIpc) is 0.638. The third-order valence-electron chi connectivity index (χ3n) is 15.4. The first-order valence-corrected chi connectivity index (χ1v) is 116. The smallest absolute Gasteiger partial charge is 0.420 e. The van der Waals surface area contributed by atoms with Crippen molar-refractivity contribution in [2.45, 2.75) is 98.6 Å². The molecule has 0 aromatic heterocycles. The fourth-order valence-electron chi connectivity index (χ4n) is 10.1. The number of ether oxygens (including phenoxy) is 1. The Hall–Kier alpha value is 6.16. The predicted octanol–water partition coefficient (Wildman–Crippen LogP) is -23.3. The summed E-state index contributed by atoms with van der Waals surface area (Å²) in [5.74, 6) is -0.650. The van der Waals surface area contributed by atoms with Crippen LogP contribution in [0.15, 0.2) is 30.3 Å². The summed E-state index contributed by atoms with van der Waals surface area (Å²) in [5.41, 5.74) is -1.03. The van der Waals surface area contributed by atoms with Crippen LogP contribution in [0, 0.1) is 5.41 Å². The lowest BCUT2D eigenvalue weighted by Gasteiger charge is -2.70. The maximum absolute atomic E-state index is 14.0. The highest BCUT2D eigenvalue weighted by molar-refractivity contribution is 8.24. The number of hydrogen-bond donors (Lipinski definition) is 26. The fraction of sp³-hybridized carbons (Fsp3) is 0.708. The zero-order chi connectivity index (χ0) is 84.4.